The van der Waals surface area contributed by atoms with E-state index in [0.29, 0.717) is 0 Å². The Bertz CT molecular complexity index is 102. The predicted molar refractivity (Wildman–Crippen MR) is 57.9 cm³/mol. The molecule has 0 radical (unpaired) electrons. The molecule has 0 aromatic heterocycles. The molecule has 0 aromatic rings. The van der Waals surface area contributed by atoms with Crippen LogP contribution in [0.15, 0.2) is 11.8 Å². The van der Waals surface area contributed by atoms with E-state index in [1.807, 2.05) is 5.70 Å². The van der Waals surface area contributed by atoms with Gasteiger partial charge < -0.3 is 4.80 Å². The van der Waals surface area contributed by atoms with Crippen molar-refractivity contribution in [1.82, 2.24) is 0 Å². The molecule has 0 aliphatic heterocycles. The molecule has 1 N–H and O–H groups in total. The minimum atomic E-state index is -0.814. The average molecular weight is 186 g/mol. The van der Waals surface area contributed by atoms with Crippen molar-refractivity contribution in [1.29, 1.82) is 0 Å². The molecule has 12 heavy (non-hydrogen) atoms. The smallest absolute Gasteiger partial charge is 0.180 e. The first kappa shape index (κ1) is 11.9. The maximum Gasteiger partial charge on any atom is 0.180 e. The second-order valence-corrected chi connectivity index (χ2v) is 4.05. The third kappa shape index (κ3) is 9.92. The zero-order valence-electron chi connectivity index (χ0n) is 8.26. The Labute approximate surface area is 78.8 Å². The zero-order valence-corrected chi connectivity index (χ0v) is 9.67. The van der Waals surface area contributed by atoms with E-state index in [1.165, 1.54) is 44.9 Å². The fraction of sp³-hybridized carbons (Fsp3) is 0.800. The van der Waals surface area contributed by atoms with Crippen molar-refractivity contribution < 1.29 is 4.80 Å². The topological polar surface area (TPSA) is 20.2 Å². The Morgan fingerprint density at radius 2 is 1.75 bits per heavy atom. The molecule has 0 aromatic carbocycles. The quantitative estimate of drug-likeness (QED) is 0.456. The Morgan fingerprint density at radius 3 is 2.42 bits per heavy atom. The van der Waals surface area contributed by atoms with Crippen molar-refractivity contribution in [3.8, 4) is 0 Å². The van der Waals surface area contributed by atoms with Gasteiger partial charge >= 0.3 is 0 Å². The van der Waals surface area contributed by atoms with Gasteiger partial charge in [-0.3, -0.25) is 0 Å². The Kier molecular flexibility index (Phi) is 10.8. The Hall–Kier alpha value is -0.0831. The molecule has 0 amide bonds. The molecule has 0 aliphatic rings. The summed E-state index contributed by atoms with van der Waals surface area (Å²) in [5, 5.41) is 0. The van der Waals surface area contributed by atoms with Crippen LogP contribution >= 0.6 is 0 Å². The minimum Gasteiger partial charge on any atom is -0.434 e. The van der Waals surface area contributed by atoms with Crippen LogP contribution in [0.2, 0.25) is 0 Å². The van der Waals surface area contributed by atoms with Crippen molar-refractivity contribution in [2.45, 2.75) is 51.9 Å². The molecule has 72 valence electrons. The number of unbranched alkanes of at least 4 members (excludes halogenated alkanes) is 6. The van der Waals surface area contributed by atoms with Crippen molar-refractivity contribution in [2.75, 3.05) is 0 Å². The lowest BCUT2D eigenvalue weighted by atomic mass is 10.1. The first-order chi connectivity index (χ1) is 5.91. The van der Waals surface area contributed by atoms with Gasteiger partial charge in [0.25, 0.3) is 0 Å². The lowest BCUT2D eigenvalue weighted by Gasteiger charge is -1.97. The van der Waals surface area contributed by atoms with Crippen LogP contribution in [-0.4, -0.2) is 14.6 Å². The second-order valence-electron chi connectivity index (χ2n) is 3.21. The van der Waals surface area contributed by atoms with Crippen molar-refractivity contribution in [3.63, 3.8) is 0 Å². The summed E-state index contributed by atoms with van der Waals surface area (Å²) >= 11 is 0. The van der Waals surface area contributed by atoms with Gasteiger partial charge in [0.2, 0.25) is 0 Å². The Morgan fingerprint density at radius 1 is 1.08 bits per heavy atom. The first-order valence-electron chi connectivity index (χ1n) is 5.17. The monoisotopic (exact) mass is 186 g/mol. The third-order valence-electron chi connectivity index (χ3n) is 2.00. The van der Waals surface area contributed by atoms with Crippen LogP contribution in [0.4, 0.5) is 0 Å². The standard InChI is InChI=1S/C10H22OSi/c1-2-3-4-5-6-7-8-9-10-12-11/h9-11H,2-8,12H2,1H3. The number of hydrogen-bond donors (Lipinski definition) is 1. The van der Waals surface area contributed by atoms with E-state index in [-0.39, 0.29) is 0 Å². The van der Waals surface area contributed by atoms with Crippen LogP contribution in [0.5, 0.6) is 0 Å². The normalized spacial score (nSPS) is 12.2. The molecular weight excluding hydrogens is 164 g/mol. The summed E-state index contributed by atoms with van der Waals surface area (Å²) in [5.74, 6) is 0. The van der Waals surface area contributed by atoms with Crippen LogP contribution < -0.4 is 0 Å². The minimum absolute atomic E-state index is 0.814. The lowest BCUT2D eigenvalue weighted by Crippen LogP contribution is -1.80. The zero-order chi connectivity index (χ0) is 9.07. The highest BCUT2D eigenvalue weighted by atomic mass is 28.2. The average Bonchev–Trinajstić information content (AvgIpc) is 2.10. The number of allylic oxidation sites excluding steroid dienone is 1. The fourth-order valence-electron chi connectivity index (χ4n) is 1.23. The van der Waals surface area contributed by atoms with Crippen LogP contribution in [0.25, 0.3) is 0 Å². The molecule has 2 heteroatoms. The van der Waals surface area contributed by atoms with E-state index < -0.39 is 9.76 Å². The SMILES string of the molecule is CCCCCCCCC=C[SiH2]O. The molecule has 0 heterocycles. The van der Waals surface area contributed by atoms with E-state index in [9.17, 15) is 0 Å². The van der Waals surface area contributed by atoms with Crippen LogP contribution in [0.1, 0.15) is 51.9 Å². The second kappa shape index (κ2) is 10.9. The summed E-state index contributed by atoms with van der Waals surface area (Å²) in [5.41, 5.74) is 1.96. The maximum absolute atomic E-state index is 8.59. The summed E-state index contributed by atoms with van der Waals surface area (Å²) < 4.78 is 0. The van der Waals surface area contributed by atoms with Gasteiger partial charge in [-0.25, -0.2) is 0 Å². The van der Waals surface area contributed by atoms with E-state index in [1.54, 1.807) is 0 Å². The van der Waals surface area contributed by atoms with E-state index in [0.717, 1.165) is 0 Å². The van der Waals surface area contributed by atoms with Gasteiger partial charge in [-0.2, -0.15) is 0 Å². The molecular formula is C10H22OSi. The van der Waals surface area contributed by atoms with Crippen molar-refractivity contribution in [2.24, 2.45) is 0 Å². The van der Waals surface area contributed by atoms with Gasteiger partial charge in [-0.1, -0.05) is 50.8 Å². The predicted octanol–water partition coefficient (Wildman–Crippen LogP) is 2.33. The molecule has 0 fully saturated rings. The Balaban J connectivity index is 2.86. The van der Waals surface area contributed by atoms with Crippen molar-refractivity contribution in [3.05, 3.63) is 11.8 Å². The molecule has 0 saturated carbocycles. The van der Waals surface area contributed by atoms with Gasteiger partial charge in [0, 0.05) is 0 Å². The molecule has 0 unspecified atom stereocenters. The van der Waals surface area contributed by atoms with Crippen LogP contribution in [0.3, 0.4) is 0 Å². The van der Waals surface area contributed by atoms with E-state index >= 15 is 0 Å². The van der Waals surface area contributed by atoms with Gasteiger partial charge in [-0.05, 0) is 12.8 Å². The highest BCUT2D eigenvalue weighted by molar-refractivity contribution is 6.32. The number of hydrogen-bond acceptors (Lipinski definition) is 1. The van der Waals surface area contributed by atoms with Crippen molar-refractivity contribution >= 4 is 9.76 Å². The summed E-state index contributed by atoms with van der Waals surface area (Å²) in [6, 6.07) is 0. The highest BCUT2D eigenvalue weighted by Crippen LogP contribution is 2.06. The molecule has 0 spiro atoms. The molecule has 0 aliphatic carbocycles. The van der Waals surface area contributed by atoms with Gasteiger partial charge in [0.15, 0.2) is 9.76 Å². The summed E-state index contributed by atoms with van der Waals surface area (Å²) in [6.07, 6.45) is 11.5. The van der Waals surface area contributed by atoms with Gasteiger partial charge in [0.1, 0.15) is 0 Å². The van der Waals surface area contributed by atoms with Gasteiger partial charge in [-0.15, -0.1) is 0 Å². The van der Waals surface area contributed by atoms with Gasteiger partial charge in [0.05, 0.1) is 0 Å². The summed E-state index contributed by atoms with van der Waals surface area (Å²) in [6.45, 7) is 2.24. The highest BCUT2D eigenvalue weighted by Gasteiger charge is 1.87. The third-order valence-corrected chi connectivity index (χ3v) is 2.54. The molecule has 0 saturated heterocycles. The van der Waals surface area contributed by atoms with Crippen LogP contribution in [-0.2, 0) is 0 Å². The largest absolute Gasteiger partial charge is 0.434 e. The molecule has 1 nitrogen and oxygen atoms in total. The van der Waals surface area contributed by atoms with E-state index in [2.05, 4.69) is 13.0 Å². The summed E-state index contributed by atoms with van der Waals surface area (Å²) in [4.78, 5) is 8.59. The summed E-state index contributed by atoms with van der Waals surface area (Å²) in [7, 11) is -0.814. The van der Waals surface area contributed by atoms with Crippen LogP contribution in [0, 0.1) is 0 Å². The first-order valence-corrected chi connectivity index (χ1v) is 6.62. The fourth-order valence-corrected chi connectivity index (χ4v) is 1.62. The molecule has 0 rings (SSSR count). The molecule has 0 bridgehead atoms. The van der Waals surface area contributed by atoms with E-state index in [4.69, 9.17) is 4.80 Å². The lowest BCUT2D eigenvalue weighted by molar-refractivity contribution is 0.608. The number of rotatable bonds is 8. The molecule has 0 atom stereocenters. The maximum atomic E-state index is 8.59.